The number of hydrogen-bond acceptors (Lipinski definition) is 5. The van der Waals surface area contributed by atoms with Crippen molar-refractivity contribution in [2.24, 2.45) is 0 Å². The molecule has 0 aliphatic heterocycles. The van der Waals surface area contributed by atoms with Gasteiger partial charge in [-0.1, -0.05) is 15.9 Å². The normalized spacial score (nSPS) is 10.0. The van der Waals surface area contributed by atoms with Crippen molar-refractivity contribution in [2.45, 2.75) is 0 Å². The van der Waals surface area contributed by atoms with Gasteiger partial charge in [-0.05, 0) is 18.2 Å². The van der Waals surface area contributed by atoms with E-state index in [1.807, 2.05) is 18.2 Å². The molecule has 0 bridgehead atoms. The van der Waals surface area contributed by atoms with Crippen LogP contribution in [-0.4, -0.2) is 17.1 Å². The minimum Gasteiger partial charge on any atom is -0.497 e. The maximum atomic E-state index is 5.50. The Morgan fingerprint density at radius 1 is 1.35 bits per heavy atom. The van der Waals surface area contributed by atoms with Gasteiger partial charge in [0.2, 0.25) is 5.95 Å². The van der Waals surface area contributed by atoms with E-state index in [1.54, 1.807) is 19.4 Å². The van der Waals surface area contributed by atoms with E-state index in [1.165, 1.54) is 0 Å². The fourth-order valence-electron chi connectivity index (χ4n) is 1.34. The van der Waals surface area contributed by atoms with Gasteiger partial charge in [0.05, 0.1) is 7.11 Å². The second kappa shape index (κ2) is 5.01. The van der Waals surface area contributed by atoms with Gasteiger partial charge in [-0.2, -0.15) is 4.98 Å². The van der Waals surface area contributed by atoms with E-state index in [0.717, 1.165) is 15.9 Å². The van der Waals surface area contributed by atoms with E-state index >= 15 is 0 Å². The van der Waals surface area contributed by atoms with Crippen molar-refractivity contribution in [3.05, 3.63) is 34.9 Å². The lowest BCUT2D eigenvalue weighted by atomic mass is 10.3. The first-order chi connectivity index (χ1) is 8.17. The van der Waals surface area contributed by atoms with Crippen LogP contribution in [0.1, 0.15) is 0 Å². The number of ether oxygens (including phenoxy) is 1. The summed E-state index contributed by atoms with van der Waals surface area (Å²) in [6.07, 6.45) is 1.60. The highest BCUT2D eigenvalue weighted by Gasteiger charge is 2.01. The Labute approximate surface area is 107 Å². The van der Waals surface area contributed by atoms with Crippen molar-refractivity contribution >= 4 is 33.4 Å². The topological polar surface area (TPSA) is 73.1 Å². The highest BCUT2D eigenvalue weighted by atomic mass is 79.9. The van der Waals surface area contributed by atoms with Gasteiger partial charge >= 0.3 is 0 Å². The Balaban J connectivity index is 2.26. The van der Waals surface area contributed by atoms with Gasteiger partial charge in [0.25, 0.3) is 0 Å². The second-order valence-electron chi connectivity index (χ2n) is 3.30. The van der Waals surface area contributed by atoms with Crippen molar-refractivity contribution in [3.63, 3.8) is 0 Å². The third-order valence-corrected chi connectivity index (χ3v) is 2.51. The van der Waals surface area contributed by atoms with Crippen LogP contribution in [0.5, 0.6) is 5.75 Å². The Morgan fingerprint density at radius 3 is 2.88 bits per heavy atom. The molecule has 1 aromatic heterocycles. The summed E-state index contributed by atoms with van der Waals surface area (Å²) < 4.78 is 6.09. The molecule has 0 amide bonds. The summed E-state index contributed by atoms with van der Waals surface area (Å²) in [5.74, 6) is 1.62. The van der Waals surface area contributed by atoms with E-state index in [-0.39, 0.29) is 5.95 Å². The monoisotopic (exact) mass is 294 g/mol. The van der Waals surface area contributed by atoms with Crippen molar-refractivity contribution in [2.75, 3.05) is 18.2 Å². The van der Waals surface area contributed by atoms with Crippen LogP contribution >= 0.6 is 15.9 Å². The number of aromatic nitrogens is 2. The predicted octanol–water partition coefficient (Wildman–Crippen LogP) is 2.57. The Hall–Kier alpha value is -1.82. The zero-order valence-electron chi connectivity index (χ0n) is 9.14. The van der Waals surface area contributed by atoms with Crippen molar-refractivity contribution in [1.82, 2.24) is 9.97 Å². The Morgan fingerprint density at radius 2 is 2.18 bits per heavy atom. The maximum absolute atomic E-state index is 5.50. The van der Waals surface area contributed by atoms with Crippen molar-refractivity contribution in [3.8, 4) is 5.75 Å². The molecule has 0 atom stereocenters. The molecule has 0 fully saturated rings. The average molecular weight is 295 g/mol. The molecule has 17 heavy (non-hydrogen) atoms. The largest absolute Gasteiger partial charge is 0.497 e. The molecule has 0 saturated heterocycles. The molecule has 1 heterocycles. The first-order valence-electron chi connectivity index (χ1n) is 4.87. The molecule has 0 aliphatic rings. The summed E-state index contributed by atoms with van der Waals surface area (Å²) in [4.78, 5) is 7.88. The number of nitrogens with zero attached hydrogens (tertiary/aromatic N) is 2. The Bertz CT molecular complexity index is 533. The van der Waals surface area contributed by atoms with Crippen LogP contribution in [0, 0.1) is 0 Å². The molecule has 0 unspecified atom stereocenters. The van der Waals surface area contributed by atoms with Crippen LogP contribution in [0.3, 0.4) is 0 Å². The molecule has 3 N–H and O–H groups in total. The number of nitrogens with two attached hydrogens (primary N) is 1. The summed E-state index contributed by atoms with van der Waals surface area (Å²) in [5, 5.41) is 3.12. The van der Waals surface area contributed by atoms with Crippen LogP contribution in [0.25, 0.3) is 0 Å². The van der Waals surface area contributed by atoms with Gasteiger partial charge in [-0.3, -0.25) is 0 Å². The molecule has 0 spiro atoms. The SMILES string of the molecule is COc1cc(Br)cc(Nc2ccnc(N)n2)c1. The van der Waals surface area contributed by atoms with Crippen LogP contribution in [0.4, 0.5) is 17.5 Å². The standard InChI is InChI=1S/C11H11BrN4O/c1-17-9-5-7(12)4-8(6-9)15-10-2-3-14-11(13)16-10/h2-6H,1H3,(H3,13,14,15,16). The van der Waals surface area contributed by atoms with E-state index in [4.69, 9.17) is 10.5 Å². The minimum absolute atomic E-state index is 0.233. The number of methoxy groups -OCH3 is 1. The fourth-order valence-corrected chi connectivity index (χ4v) is 1.82. The summed E-state index contributed by atoms with van der Waals surface area (Å²) in [7, 11) is 1.62. The molecule has 5 nitrogen and oxygen atoms in total. The number of rotatable bonds is 3. The lowest BCUT2D eigenvalue weighted by Gasteiger charge is -2.08. The minimum atomic E-state index is 0.233. The molecule has 88 valence electrons. The van der Waals surface area contributed by atoms with E-state index in [2.05, 4.69) is 31.2 Å². The first kappa shape index (κ1) is 11.7. The van der Waals surface area contributed by atoms with Crippen LogP contribution in [0.2, 0.25) is 0 Å². The molecule has 1 aromatic carbocycles. The van der Waals surface area contributed by atoms with Gasteiger partial charge in [-0.25, -0.2) is 4.98 Å². The first-order valence-corrected chi connectivity index (χ1v) is 5.67. The van der Waals surface area contributed by atoms with Gasteiger partial charge < -0.3 is 15.8 Å². The zero-order chi connectivity index (χ0) is 12.3. The summed E-state index contributed by atoms with van der Waals surface area (Å²) in [5.41, 5.74) is 6.36. The lowest BCUT2D eigenvalue weighted by molar-refractivity contribution is 0.415. The molecule has 0 aliphatic carbocycles. The molecule has 2 rings (SSSR count). The average Bonchev–Trinajstić information content (AvgIpc) is 2.28. The number of nitrogens with one attached hydrogen (secondary N) is 1. The van der Waals surface area contributed by atoms with Gasteiger partial charge in [-0.15, -0.1) is 0 Å². The van der Waals surface area contributed by atoms with Crippen LogP contribution in [0.15, 0.2) is 34.9 Å². The highest BCUT2D eigenvalue weighted by molar-refractivity contribution is 9.10. The summed E-state index contributed by atoms with van der Waals surface area (Å²) >= 11 is 3.40. The lowest BCUT2D eigenvalue weighted by Crippen LogP contribution is -1.99. The van der Waals surface area contributed by atoms with Gasteiger partial charge in [0.15, 0.2) is 0 Å². The van der Waals surface area contributed by atoms with E-state index in [9.17, 15) is 0 Å². The molecular weight excluding hydrogens is 284 g/mol. The zero-order valence-corrected chi connectivity index (χ0v) is 10.7. The molecular formula is C11H11BrN4O. The summed E-state index contributed by atoms with van der Waals surface area (Å²) in [6.45, 7) is 0. The maximum Gasteiger partial charge on any atom is 0.221 e. The van der Waals surface area contributed by atoms with Gasteiger partial charge in [0, 0.05) is 22.4 Å². The molecule has 0 radical (unpaired) electrons. The summed E-state index contributed by atoms with van der Waals surface area (Å²) in [6, 6.07) is 7.40. The molecule has 2 aromatic rings. The quantitative estimate of drug-likeness (QED) is 0.910. The second-order valence-corrected chi connectivity index (χ2v) is 4.22. The third-order valence-electron chi connectivity index (χ3n) is 2.05. The van der Waals surface area contributed by atoms with E-state index in [0.29, 0.717) is 5.82 Å². The van der Waals surface area contributed by atoms with Gasteiger partial charge in [0.1, 0.15) is 11.6 Å². The number of halogens is 1. The van der Waals surface area contributed by atoms with Crippen LogP contribution in [-0.2, 0) is 0 Å². The Kier molecular flexibility index (Phi) is 3.43. The fraction of sp³-hybridized carbons (Fsp3) is 0.0909. The van der Waals surface area contributed by atoms with Crippen LogP contribution < -0.4 is 15.8 Å². The highest BCUT2D eigenvalue weighted by Crippen LogP contribution is 2.26. The third kappa shape index (κ3) is 3.07. The smallest absolute Gasteiger partial charge is 0.221 e. The molecule has 6 heteroatoms. The number of benzene rings is 1. The van der Waals surface area contributed by atoms with Crippen molar-refractivity contribution in [1.29, 1.82) is 0 Å². The van der Waals surface area contributed by atoms with Crippen molar-refractivity contribution < 1.29 is 4.74 Å². The van der Waals surface area contributed by atoms with E-state index < -0.39 is 0 Å². The number of nitrogen functional groups attached to an aromatic ring is 1. The number of anilines is 3. The molecule has 0 saturated carbocycles. The number of hydrogen-bond donors (Lipinski definition) is 2. The predicted molar refractivity (Wildman–Crippen MR) is 70.4 cm³/mol.